The summed E-state index contributed by atoms with van der Waals surface area (Å²) in [5.74, 6) is 0.814. The van der Waals surface area contributed by atoms with Crippen molar-refractivity contribution in [2.24, 2.45) is 5.92 Å². The van der Waals surface area contributed by atoms with E-state index in [0.29, 0.717) is 12.1 Å². The van der Waals surface area contributed by atoms with Crippen LogP contribution in [0.4, 0.5) is 0 Å². The van der Waals surface area contributed by atoms with Gasteiger partial charge in [0, 0.05) is 19.2 Å². The number of hydrogen-bond donors (Lipinski definition) is 1. The molecule has 2 rings (SSSR count). The maximum Gasteiger partial charge on any atom is 0.0759 e. The molecule has 1 saturated heterocycles. The first-order valence-electron chi connectivity index (χ1n) is 7.81. The van der Waals surface area contributed by atoms with Crippen LogP contribution in [0.15, 0.2) is 11.6 Å². The molecule has 0 bridgehead atoms. The monoisotopic (exact) mass is 251 g/mol. The highest BCUT2D eigenvalue weighted by Crippen LogP contribution is 2.30. The van der Waals surface area contributed by atoms with Crippen molar-refractivity contribution in [3.05, 3.63) is 11.6 Å². The lowest BCUT2D eigenvalue weighted by molar-refractivity contribution is 0.144. The van der Waals surface area contributed by atoms with Crippen molar-refractivity contribution in [3.63, 3.8) is 0 Å². The standard InChI is InChI=1S/C16H29NO/c1-13(2)17-12-15(11-16-9-6-10-18-16)14-7-4-3-5-8-14/h11,13-14,16-17H,3-10,12H2,1-2H3/b15-11-. The summed E-state index contributed by atoms with van der Waals surface area (Å²) in [5.41, 5.74) is 1.62. The zero-order valence-electron chi connectivity index (χ0n) is 12.1. The van der Waals surface area contributed by atoms with Crippen molar-refractivity contribution in [1.82, 2.24) is 5.32 Å². The van der Waals surface area contributed by atoms with Gasteiger partial charge in [0.15, 0.2) is 0 Å². The molecule has 1 saturated carbocycles. The van der Waals surface area contributed by atoms with E-state index in [1.807, 2.05) is 0 Å². The highest BCUT2D eigenvalue weighted by Gasteiger charge is 2.21. The summed E-state index contributed by atoms with van der Waals surface area (Å²) < 4.78 is 5.78. The Morgan fingerprint density at radius 1 is 1.17 bits per heavy atom. The van der Waals surface area contributed by atoms with Crippen molar-refractivity contribution in [3.8, 4) is 0 Å². The largest absolute Gasteiger partial charge is 0.374 e. The van der Waals surface area contributed by atoms with Gasteiger partial charge in [0.05, 0.1) is 6.10 Å². The number of ether oxygens (including phenoxy) is 1. The van der Waals surface area contributed by atoms with Crippen LogP contribution in [0, 0.1) is 5.92 Å². The molecule has 0 aromatic carbocycles. The van der Waals surface area contributed by atoms with Gasteiger partial charge in [-0.3, -0.25) is 0 Å². The molecule has 1 heterocycles. The van der Waals surface area contributed by atoms with Crippen molar-refractivity contribution < 1.29 is 4.74 Å². The second kappa shape index (κ2) is 7.30. The van der Waals surface area contributed by atoms with Crippen LogP contribution in [0.5, 0.6) is 0 Å². The minimum absolute atomic E-state index is 0.399. The normalized spacial score (nSPS) is 27.1. The van der Waals surface area contributed by atoms with Crippen LogP contribution in [0.3, 0.4) is 0 Å². The van der Waals surface area contributed by atoms with Gasteiger partial charge in [0.2, 0.25) is 0 Å². The summed E-state index contributed by atoms with van der Waals surface area (Å²) >= 11 is 0. The number of rotatable bonds is 5. The molecule has 1 unspecified atom stereocenters. The van der Waals surface area contributed by atoms with Crippen molar-refractivity contribution in [2.45, 2.75) is 70.9 Å². The summed E-state index contributed by atoms with van der Waals surface area (Å²) in [5, 5.41) is 3.59. The Morgan fingerprint density at radius 2 is 1.94 bits per heavy atom. The van der Waals surface area contributed by atoms with E-state index < -0.39 is 0 Å². The molecular weight excluding hydrogens is 222 g/mol. The molecule has 0 aromatic heterocycles. The van der Waals surface area contributed by atoms with Crippen LogP contribution >= 0.6 is 0 Å². The van der Waals surface area contributed by atoms with E-state index in [4.69, 9.17) is 4.74 Å². The molecule has 1 atom stereocenters. The Bertz CT molecular complexity index is 260. The lowest BCUT2D eigenvalue weighted by atomic mass is 9.83. The summed E-state index contributed by atoms with van der Waals surface area (Å²) in [4.78, 5) is 0. The third-order valence-electron chi connectivity index (χ3n) is 4.21. The second-order valence-corrected chi connectivity index (χ2v) is 6.16. The molecular formula is C16H29NO. The van der Waals surface area contributed by atoms with Crippen LogP contribution in [0.1, 0.15) is 58.8 Å². The topological polar surface area (TPSA) is 21.3 Å². The molecule has 2 heteroatoms. The molecule has 1 aliphatic heterocycles. The molecule has 2 aliphatic rings. The fourth-order valence-electron chi connectivity index (χ4n) is 3.11. The smallest absolute Gasteiger partial charge is 0.0759 e. The minimum Gasteiger partial charge on any atom is -0.374 e. The maximum atomic E-state index is 5.78. The van der Waals surface area contributed by atoms with E-state index in [9.17, 15) is 0 Å². The van der Waals surface area contributed by atoms with Crippen molar-refractivity contribution >= 4 is 0 Å². The molecule has 0 radical (unpaired) electrons. The van der Waals surface area contributed by atoms with E-state index in [1.165, 1.54) is 44.9 Å². The first-order chi connectivity index (χ1) is 8.75. The van der Waals surface area contributed by atoms with E-state index in [2.05, 4.69) is 25.2 Å². The van der Waals surface area contributed by atoms with Crippen molar-refractivity contribution in [2.75, 3.05) is 13.2 Å². The van der Waals surface area contributed by atoms with Gasteiger partial charge in [-0.2, -0.15) is 0 Å². The Hall–Kier alpha value is -0.340. The quantitative estimate of drug-likeness (QED) is 0.753. The minimum atomic E-state index is 0.399. The number of hydrogen-bond acceptors (Lipinski definition) is 2. The van der Waals surface area contributed by atoms with Crippen LogP contribution in [0.25, 0.3) is 0 Å². The van der Waals surface area contributed by atoms with Crippen LogP contribution < -0.4 is 5.32 Å². The zero-order chi connectivity index (χ0) is 12.8. The summed E-state index contributed by atoms with van der Waals surface area (Å²) in [6, 6.07) is 0.571. The Kier molecular flexibility index (Phi) is 5.71. The maximum absolute atomic E-state index is 5.78. The van der Waals surface area contributed by atoms with Gasteiger partial charge in [0.1, 0.15) is 0 Å². The summed E-state index contributed by atoms with van der Waals surface area (Å²) in [6.07, 6.45) is 12.3. The third-order valence-corrected chi connectivity index (χ3v) is 4.21. The number of nitrogens with one attached hydrogen (secondary N) is 1. The van der Waals surface area contributed by atoms with Crippen LogP contribution in [-0.4, -0.2) is 25.3 Å². The Labute approximate surface area is 112 Å². The van der Waals surface area contributed by atoms with Gasteiger partial charge in [-0.15, -0.1) is 0 Å². The lowest BCUT2D eigenvalue weighted by Crippen LogP contribution is -2.28. The molecule has 0 amide bonds. The van der Waals surface area contributed by atoms with Gasteiger partial charge in [-0.1, -0.05) is 44.8 Å². The lowest BCUT2D eigenvalue weighted by Gasteiger charge is -2.26. The van der Waals surface area contributed by atoms with Crippen LogP contribution in [-0.2, 0) is 4.74 Å². The van der Waals surface area contributed by atoms with Gasteiger partial charge in [-0.05, 0) is 31.6 Å². The Morgan fingerprint density at radius 3 is 2.56 bits per heavy atom. The predicted molar refractivity (Wildman–Crippen MR) is 76.8 cm³/mol. The molecule has 1 N–H and O–H groups in total. The molecule has 2 nitrogen and oxygen atoms in total. The summed E-state index contributed by atoms with van der Waals surface area (Å²) in [7, 11) is 0. The first-order valence-corrected chi connectivity index (χ1v) is 7.81. The van der Waals surface area contributed by atoms with E-state index in [1.54, 1.807) is 5.57 Å². The van der Waals surface area contributed by atoms with E-state index in [-0.39, 0.29) is 0 Å². The average molecular weight is 251 g/mol. The fourth-order valence-corrected chi connectivity index (χ4v) is 3.11. The molecule has 2 fully saturated rings. The van der Waals surface area contributed by atoms with E-state index >= 15 is 0 Å². The van der Waals surface area contributed by atoms with Crippen molar-refractivity contribution in [1.29, 1.82) is 0 Å². The third kappa shape index (κ3) is 4.40. The second-order valence-electron chi connectivity index (χ2n) is 6.16. The summed E-state index contributed by atoms with van der Waals surface area (Å²) in [6.45, 7) is 6.47. The van der Waals surface area contributed by atoms with Gasteiger partial charge >= 0.3 is 0 Å². The molecule has 1 aliphatic carbocycles. The molecule has 0 aromatic rings. The molecule has 104 valence electrons. The zero-order valence-corrected chi connectivity index (χ0v) is 12.1. The van der Waals surface area contributed by atoms with Crippen LogP contribution in [0.2, 0.25) is 0 Å². The highest BCUT2D eigenvalue weighted by atomic mass is 16.5. The Balaban J connectivity index is 1.95. The SMILES string of the molecule is CC(C)NC/C(=C/C1CCCO1)C1CCCCC1. The average Bonchev–Trinajstić information content (AvgIpc) is 2.88. The van der Waals surface area contributed by atoms with Gasteiger partial charge in [-0.25, -0.2) is 0 Å². The van der Waals surface area contributed by atoms with E-state index in [0.717, 1.165) is 19.1 Å². The molecule has 0 spiro atoms. The predicted octanol–water partition coefficient (Wildman–Crippen LogP) is 3.67. The molecule has 18 heavy (non-hydrogen) atoms. The van der Waals surface area contributed by atoms with Gasteiger partial charge in [0.25, 0.3) is 0 Å². The first kappa shape index (κ1) is 14.1. The highest BCUT2D eigenvalue weighted by molar-refractivity contribution is 5.13. The fraction of sp³-hybridized carbons (Fsp3) is 0.875. The van der Waals surface area contributed by atoms with Gasteiger partial charge < -0.3 is 10.1 Å².